The molecule has 0 aliphatic carbocycles. The van der Waals surface area contributed by atoms with Gasteiger partial charge in [0.2, 0.25) is 0 Å². The van der Waals surface area contributed by atoms with Crippen LogP contribution in [0.3, 0.4) is 0 Å². The maximum atomic E-state index is 12.7. The quantitative estimate of drug-likeness (QED) is 0.285. The topological polar surface area (TPSA) is 148 Å². The van der Waals surface area contributed by atoms with Crippen molar-refractivity contribution in [3.05, 3.63) is 30.1 Å². The second-order valence-electron chi connectivity index (χ2n) is 5.57. The van der Waals surface area contributed by atoms with Crippen molar-refractivity contribution in [2.75, 3.05) is 26.7 Å². The Morgan fingerprint density at radius 1 is 1.08 bits per heavy atom. The van der Waals surface area contributed by atoms with E-state index in [-0.39, 0.29) is 19.0 Å². The molecule has 0 fully saturated rings. The SMILES string of the molecule is CN(CCCOc1ccc(F)cc1)CCC(O)(P(=O)(O)O)P(=O)(O)O. The monoisotopic (exact) mass is 401 g/mol. The Hall–Kier alpha value is -0.830. The normalized spacial score (nSPS) is 13.3. The fourth-order valence-corrected chi connectivity index (χ4v) is 4.11. The van der Waals surface area contributed by atoms with Gasteiger partial charge in [0.05, 0.1) is 6.61 Å². The van der Waals surface area contributed by atoms with Gasteiger partial charge in [-0.2, -0.15) is 0 Å². The van der Waals surface area contributed by atoms with Gasteiger partial charge in [-0.1, -0.05) is 0 Å². The van der Waals surface area contributed by atoms with Crippen molar-refractivity contribution in [3.8, 4) is 5.75 Å². The van der Waals surface area contributed by atoms with E-state index < -0.39 is 26.7 Å². The molecule has 0 amide bonds. The number of aliphatic hydroxyl groups is 1. The van der Waals surface area contributed by atoms with Crippen LogP contribution in [0.2, 0.25) is 0 Å². The lowest BCUT2D eigenvalue weighted by molar-refractivity contribution is 0.111. The van der Waals surface area contributed by atoms with Crippen LogP contribution in [0.4, 0.5) is 4.39 Å². The number of nitrogens with zero attached hydrogens (tertiary/aromatic N) is 1. The van der Waals surface area contributed by atoms with Crippen molar-refractivity contribution in [1.82, 2.24) is 4.90 Å². The van der Waals surface area contributed by atoms with Crippen LogP contribution >= 0.6 is 15.2 Å². The van der Waals surface area contributed by atoms with Crippen LogP contribution in [0.5, 0.6) is 5.75 Å². The van der Waals surface area contributed by atoms with E-state index in [2.05, 4.69) is 0 Å². The summed E-state index contributed by atoms with van der Waals surface area (Å²) in [6.07, 6.45) is -0.297. The molecule has 144 valence electrons. The lowest BCUT2D eigenvalue weighted by Gasteiger charge is -2.30. The maximum Gasteiger partial charge on any atom is 0.369 e. The van der Waals surface area contributed by atoms with E-state index in [1.807, 2.05) is 0 Å². The minimum Gasteiger partial charge on any atom is -0.494 e. The van der Waals surface area contributed by atoms with Crippen LogP contribution in [-0.4, -0.2) is 61.4 Å². The van der Waals surface area contributed by atoms with Gasteiger partial charge in [-0.15, -0.1) is 0 Å². The Bertz CT molecular complexity index is 622. The molecule has 1 aromatic carbocycles. The minimum absolute atomic E-state index is 0.150. The van der Waals surface area contributed by atoms with Gasteiger partial charge >= 0.3 is 15.2 Å². The van der Waals surface area contributed by atoms with E-state index >= 15 is 0 Å². The first kappa shape index (κ1) is 22.2. The average molecular weight is 401 g/mol. The smallest absolute Gasteiger partial charge is 0.369 e. The number of ether oxygens (including phenoxy) is 1. The Labute approximate surface area is 144 Å². The van der Waals surface area contributed by atoms with Gasteiger partial charge in [-0.05, 0) is 37.7 Å². The lowest BCUT2D eigenvalue weighted by Crippen LogP contribution is -2.34. The molecule has 1 rings (SSSR count). The molecule has 12 heteroatoms. The third kappa shape index (κ3) is 6.44. The summed E-state index contributed by atoms with van der Waals surface area (Å²) in [6.45, 7) is 0.528. The van der Waals surface area contributed by atoms with Crippen LogP contribution in [-0.2, 0) is 9.13 Å². The van der Waals surface area contributed by atoms with Crippen molar-refractivity contribution < 1.29 is 42.9 Å². The summed E-state index contributed by atoms with van der Waals surface area (Å²) in [4.78, 5) is 37.7. The molecule has 0 spiro atoms. The maximum absolute atomic E-state index is 12.7. The molecule has 25 heavy (non-hydrogen) atoms. The zero-order valence-electron chi connectivity index (χ0n) is 13.5. The molecule has 0 radical (unpaired) electrons. The third-order valence-electron chi connectivity index (χ3n) is 3.53. The molecule has 0 bridgehead atoms. The fraction of sp³-hybridized carbons (Fsp3) is 0.538. The standard InChI is InChI=1S/C13H22FNO8P2/c1-15(8-2-10-23-12-5-3-11(14)4-6-12)9-7-13(16,24(17,18)19)25(20,21)22/h3-6,16H,2,7-10H2,1H3,(H2,17,18,19)(H2,20,21,22). The molecular weight excluding hydrogens is 379 g/mol. The zero-order chi connectivity index (χ0) is 19.3. The summed E-state index contributed by atoms with van der Waals surface area (Å²) in [5, 5.41) is 6.36. The van der Waals surface area contributed by atoms with Crippen LogP contribution in [0.25, 0.3) is 0 Å². The highest BCUT2D eigenvalue weighted by Crippen LogP contribution is 2.68. The molecule has 0 aliphatic rings. The first-order valence-corrected chi connectivity index (χ1v) is 10.5. The van der Waals surface area contributed by atoms with Crippen LogP contribution in [0, 0.1) is 5.82 Å². The molecule has 0 saturated carbocycles. The van der Waals surface area contributed by atoms with Gasteiger partial charge in [-0.3, -0.25) is 9.13 Å². The Morgan fingerprint density at radius 2 is 1.60 bits per heavy atom. The number of hydrogen-bond acceptors (Lipinski definition) is 5. The second kappa shape index (κ2) is 8.70. The Balaban J connectivity index is 2.43. The second-order valence-corrected chi connectivity index (χ2v) is 9.58. The highest BCUT2D eigenvalue weighted by atomic mass is 31.2. The van der Waals surface area contributed by atoms with E-state index in [1.165, 1.54) is 24.3 Å². The summed E-state index contributed by atoms with van der Waals surface area (Å²) in [5.74, 6) is 0.108. The summed E-state index contributed by atoms with van der Waals surface area (Å²) in [7, 11) is -9.29. The molecule has 5 N–H and O–H groups in total. The van der Waals surface area contributed by atoms with E-state index in [1.54, 1.807) is 11.9 Å². The van der Waals surface area contributed by atoms with Crippen molar-refractivity contribution >= 4 is 15.2 Å². The predicted octanol–water partition coefficient (Wildman–Crippen LogP) is 0.918. The van der Waals surface area contributed by atoms with Gasteiger partial charge in [0.1, 0.15) is 11.6 Å². The van der Waals surface area contributed by atoms with Crippen LogP contribution in [0.1, 0.15) is 12.8 Å². The van der Waals surface area contributed by atoms with Gasteiger partial charge in [0.15, 0.2) is 0 Å². The van der Waals surface area contributed by atoms with Crippen molar-refractivity contribution in [2.45, 2.75) is 17.9 Å². The molecule has 0 saturated heterocycles. The molecule has 0 unspecified atom stereocenters. The van der Waals surface area contributed by atoms with Gasteiger partial charge in [0.25, 0.3) is 5.08 Å². The van der Waals surface area contributed by atoms with Crippen molar-refractivity contribution in [2.24, 2.45) is 0 Å². The third-order valence-corrected chi connectivity index (χ3v) is 7.40. The summed E-state index contributed by atoms with van der Waals surface area (Å²) in [5.41, 5.74) is 0. The first-order valence-electron chi connectivity index (χ1n) is 7.27. The molecule has 9 nitrogen and oxygen atoms in total. The first-order chi connectivity index (χ1) is 11.4. The Kier molecular flexibility index (Phi) is 7.73. The largest absolute Gasteiger partial charge is 0.494 e. The number of hydrogen-bond donors (Lipinski definition) is 5. The zero-order valence-corrected chi connectivity index (χ0v) is 15.3. The van der Waals surface area contributed by atoms with Gasteiger partial charge in [0, 0.05) is 19.5 Å². The van der Waals surface area contributed by atoms with Crippen molar-refractivity contribution in [3.63, 3.8) is 0 Å². The lowest BCUT2D eigenvalue weighted by atomic mass is 10.3. The summed E-state index contributed by atoms with van der Waals surface area (Å²) in [6, 6.07) is 5.46. The number of halogens is 1. The van der Waals surface area contributed by atoms with E-state index in [9.17, 15) is 18.6 Å². The van der Waals surface area contributed by atoms with Crippen LogP contribution in [0.15, 0.2) is 24.3 Å². The molecule has 0 heterocycles. The van der Waals surface area contributed by atoms with Crippen molar-refractivity contribution in [1.29, 1.82) is 0 Å². The average Bonchev–Trinajstić information content (AvgIpc) is 2.48. The minimum atomic E-state index is -5.43. The van der Waals surface area contributed by atoms with Crippen LogP contribution < -0.4 is 4.74 Å². The van der Waals surface area contributed by atoms with Gasteiger partial charge < -0.3 is 34.3 Å². The molecular formula is C13H22FNO8P2. The molecule has 0 atom stereocenters. The molecule has 0 aromatic heterocycles. The summed E-state index contributed by atoms with van der Waals surface area (Å²) < 4.78 is 40.6. The van der Waals surface area contributed by atoms with E-state index in [0.29, 0.717) is 18.7 Å². The van der Waals surface area contributed by atoms with E-state index in [4.69, 9.17) is 24.3 Å². The highest BCUT2D eigenvalue weighted by Gasteiger charge is 2.58. The van der Waals surface area contributed by atoms with E-state index in [0.717, 1.165) is 0 Å². The molecule has 0 aliphatic heterocycles. The Morgan fingerprint density at radius 3 is 2.08 bits per heavy atom. The number of benzene rings is 1. The predicted molar refractivity (Wildman–Crippen MR) is 87.7 cm³/mol. The highest BCUT2D eigenvalue weighted by molar-refractivity contribution is 7.72. The summed E-state index contributed by atoms with van der Waals surface area (Å²) >= 11 is 0. The number of rotatable bonds is 10. The van der Waals surface area contributed by atoms with Gasteiger partial charge in [-0.25, -0.2) is 4.39 Å². The fourth-order valence-electron chi connectivity index (χ4n) is 1.97. The molecule has 1 aromatic rings.